The molecule has 0 unspecified atom stereocenters. The lowest BCUT2D eigenvalue weighted by Crippen LogP contribution is -2.44. The summed E-state index contributed by atoms with van der Waals surface area (Å²) in [7, 11) is -3.97. The molecule has 3 aromatic rings. The van der Waals surface area contributed by atoms with E-state index in [2.05, 4.69) is 6.58 Å². The average molecular weight is 418 g/mol. The van der Waals surface area contributed by atoms with Crippen molar-refractivity contribution in [3.63, 3.8) is 0 Å². The summed E-state index contributed by atoms with van der Waals surface area (Å²) in [5.41, 5.74) is 3.52. The van der Waals surface area contributed by atoms with Crippen LogP contribution in [0.25, 0.3) is 0 Å². The molecule has 0 saturated heterocycles. The van der Waals surface area contributed by atoms with Gasteiger partial charge in [-0.2, -0.15) is 0 Å². The summed E-state index contributed by atoms with van der Waals surface area (Å²) < 4.78 is 28.8. The third-order valence-corrected chi connectivity index (χ3v) is 7.32. The molecule has 0 N–H and O–H groups in total. The Morgan fingerprint density at radius 1 is 0.900 bits per heavy atom. The van der Waals surface area contributed by atoms with Crippen LogP contribution in [0.5, 0.6) is 0 Å². The molecule has 4 nitrogen and oxygen atoms in total. The van der Waals surface area contributed by atoms with Crippen molar-refractivity contribution in [3.8, 4) is 0 Å². The molecular weight excluding hydrogens is 394 g/mol. The first kappa shape index (κ1) is 20.1. The predicted octanol–water partition coefficient (Wildman–Crippen LogP) is 5.12. The number of aryl methyl sites for hydroxylation is 1. The number of carbonyl (C=O) groups is 1. The normalized spacial score (nSPS) is 18.1. The summed E-state index contributed by atoms with van der Waals surface area (Å²) >= 11 is 0. The van der Waals surface area contributed by atoms with Gasteiger partial charge in [0.1, 0.15) is 6.04 Å². The third kappa shape index (κ3) is 3.25. The maximum Gasteiger partial charge on any atom is 0.265 e. The zero-order chi connectivity index (χ0) is 21.5. The molecule has 5 heteroatoms. The maximum atomic E-state index is 13.8. The number of fused-ring (bicyclic) bond motifs is 1. The van der Waals surface area contributed by atoms with E-state index < -0.39 is 22.0 Å². The molecule has 4 rings (SSSR count). The zero-order valence-corrected chi connectivity index (χ0v) is 17.8. The third-order valence-electron chi connectivity index (χ3n) is 5.51. The fraction of sp³-hybridized carbons (Fsp3) is 0.160. The van der Waals surface area contributed by atoms with Crippen molar-refractivity contribution in [1.29, 1.82) is 0 Å². The minimum Gasteiger partial charge on any atom is -0.292 e. The molecule has 0 radical (unpaired) electrons. The highest BCUT2D eigenvalue weighted by molar-refractivity contribution is 7.93. The number of nitrogens with zero attached hydrogens (tertiary/aromatic N) is 1. The van der Waals surface area contributed by atoms with Crippen LogP contribution < -0.4 is 4.31 Å². The van der Waals surface area contributed by atoms with Crippen molar-refractivity contribution in [3.05, 3.63) is 108 Å². The second-order valence-electron chi connectivity index (χ2n) is 7.67. The fourth-order valence-electron chi connectivity index (χ4n) is 4.08. The average Bonchev–Trinajstić information content (AvgIpc) is 3.10. The Labute approximate surface area is 177 Å². The van der Waals surface area contributed by atoms with Crippen LogP contribution in [0.4, 0.5) is 5.69 Å². The smallest absolute Gasteiger partial charge is 0.265 e. The van der Waals surface area contributed by atoms with Crippen LogP contribution in [0.2, 0.25) is 0 Å². The second kappa shape index (κ2) is 7.58. The molecule has 0 bridgehead atoms. The number of rotatable bonds is 5. The highest BCUT2D eigenvalue weighted by atomic mass is 32.2. The van der Waals surface area contributed by atoms with Crippen molar-refractivity contribution in [2.24, 2.45) is 0 Å². The fourth-order valence-corrected chi connectivity index (χ4v) is 5.72. The van der Waals surface area contributed by atoms with Crippen molar-refractivity contribution in [2.75, 3.05) is 4.31 Å². The summed E-state index contributed by atoms with van der Waals surface area (Å²) in [6, 6.07) is 21.9. The maximum absolute atomic E-state index is 13.8. The number of carbonyl (C=O) groups excluding carboxylic acids is 1. The summed E-state index contributed by atoms with van der Waals surface area (Å²) in [5, 5.41) is 0. The van der Waals surface area contributed by atoms with Gasteiger partial charge >= 0.3 is 0 Å². The molecule has 1 aliphatic heterocycles. The van der Waals surface area contributed by atoms with E-state index in [1.807, 2.05) is 32.0 Å². The Kier molecular flexibility index (Phi) is 5.08. The van der Waals surface area contributed by atoms with E-state index in [-0.39, 0.29) is 10.7 Å². The van der Waals surface area contributed by atoms with Gasteiger partial charge in [0, 0.05) is 11.5 Å². The molecule has 30 heavy (non-hydrogen) atoms. The number of anilines is 1. The van der Waals surface area contributed by atoms with E-state index in [9.17, 15) is 13.2 Å². The van der Waals surface area contributed by atoms with Gasteiger partial charge in [0.25, 0.3) is 10.0 Å². The Bertz CT molecular complexity index is 1210. The van der Waals surface area contributed by atoms with Gasteiger partial charge in [-0.05, 0) is 37.6 Å². The first-order chi connectivity index (χ1) is 14.3. The molecule has 0 saturated carbocycles. The van der Waals surface area contributed by atoms with Crippen LogP contribution in [0.3, 0.4) is 0 Å². The minimum atomic E-state index is -3.97. The van der Waals surface area contributed by atoms with E-state index in [0.29, 0.717) is 11.3 Å². The highest BCUT2D eigenvalue weighted by Gasteiger charge is 2.48. The molecule has 152 valence electrons. The first-order valence-corrected chi connectivity index (χ1v) is 11.2. The molecule has 1 aliphatic rings. The van der Waals surface area contributed by atoms with E-state index in [1.165, 1.54) is 4.31 Å². The number of benzene rings is 3. The quantitative estimate of drug-likeness (QED) is 0.428. The van der Waals surface area contributed by atoms with E-state index in [1.54, 1.807) is 60.7 Å². The summed E-state index contributed by atoms with van der Waals surface area (Å²) in [6.45, 7) is 7.83. The predicted molar refractivity (Wildman–Crippen MR) is 119 cm³/mol. The lowest BCUT2D eigenvalue weighted by Gasteiger charge is -2.29. The summed E-state index contributed by atoms with van der Waals surface area (Å²) in [5.74, 6) is -0.662. The topological polar surface area (TPSA) is 54.5 Å². The molecule has 0 fully saturated rings. The van der Waals surface area contributed by atoms with E-state index >= 15 is 0 Å². The van der Waals surface area contributed by atoms with Gasteiger partial charge in [-0.25, -0.2) is 8.42 Å². The van der Waals surface area contributed by atoms with Gasteiger partial charge in [0.2, 0.25) is 0 Å². The van der Waals surface area contributed by atoms with Gasteiger partial charge in [0.05, 0.1) is 10.6 Å². The van der Waals surface area contributed by atoms with E-state index in [0.717, 1.165) is 16.7 Å². The van der Waals surface area contributed by atoms with Crippen LogP contribution in [-0.4, -0.2) is 20.2 Å². The number of sulfonamides is 1. The van der Waals surface area contributed by atoms with Crippen LogP contribution in [0.15, 0.2) is 95.9 Å². The van der Waals surface area contributed by atoms with Crippen molar-refractivity contribution < 1.29 is 13.2 Å². The molecule has 3 aromatic carbocycles. The number of Topliss-reactive ketones (excluding diaryl/α,β-unsaturated/α-hetero) is 1. The molecule has 0 amide bonds. The van der Waals surface area contributed by atoms with Gasteiger partial charge in [-0.15, -0.1) is 0 Å². The van der Waals surface area contributed by atoms with Gasteiger partial charge in [-0.1, -0.05) is 78.4 Å². The second-order valence-corrected chi connectivity index (χ2v) is 9.49. The van der Waals surface area contributed by atoms with Crippen molar-refractivity contribution in [2.45, 2.75) is 30.7 Å². The Morgan fingerprint density at radius 3 is 2.13 bits per heavy atom. The Balaban J connectivity index is 1.94. The number of para-hydroxylation sites is 1. The van der Waals surface area contributed by atoms with Crippen LogP contribution in [0, 0.1) is 6.92 Å². The summed E-state index contributed by atoms with van der Waals surface area (Å²) in [6.07, 6.45) is 0. The monoisotopic (exact) mass is 417 g/mol. The Morgan fingerprint density at radius 2 is 1.50 bits per heavy atom. The van der Waals surface area contributed by atoms with Crippen molar-refractivity contribution >= 4 is 21.5 Å². The van der Waals surface area contributed by atoms with E-state index in [4.69, 9.17) is 0 Å². The van der Waals surface area contributed by atoms with Crippen molar-refractivity contribution in [1.82, 2.24) is 0 Å². The number of hydrogen-bond donors (Lipinski definition) is 0. The molecule has 0 aliphatic carbocycles. The van der Waals surface area contributed by atoms with Crippen LogP contribution in [0.1, 0.15) is 34.3 Å². The molecule has 1 heterocycles. The molecule has 2 atom stereocenters. The van der Waals surface area contributed by atoms with Crippen LogP contribution in [-0.2, 0) is 10.0 Å². The number of ketones is 1. The lowest BCUT2D eigenvalue weighted by molar-refractivity contribution is 0.0959. The minimum absolute atomic E-state index is 0.163. The largest absolute Gasteiger partial charge is 0.292 e. The van der Waals surface area contributed by atoms with Gasteiger partial charge < -0.3 is 0 Å². The van der Waals surface area contributed by atoms with Gasteiger partial charge in [0.15, 0.2) is 5.78 Å². The summed E-state index contributed by atoms with van der Waals surface area (Å²) in [4.78, 5) is 13.8. The lowest BCUT2D eigenvalue weighted by atomic mass is 9.85. The SMILES string of the molecule is C=C(C)[C@@H]1c2ccccc2N(S(=O)(=O)c2ccc(C)cc2)[C@H]1C(=O)c1ccccc1. The zero-order valence-electron chi connectivity index (χ0n) is 16.9. The van der Waals surface area contributed by atoms with Crippen LogP contribution >= 0.6 is 0 Å². The Hall–Kier alpha value is -3.18. The standard InChI is InChI=1S/C25H23NO3S/c1-17(2)23-21-11-7-8-12-22(21)26(24(23)25(27)19-9-5-4-6-10-19)30(28,29)20-15-13-18(3)14-16-20/h4-16,23-24H,1H2,2-3H3/t23-,24-/m1/s1. The molecule has 0 spiro atoms. The molecule has 0 aromatic heterocycles. The first-order valence-electron chi connectivity index (χ1n) is 9.77. The molecular formula is C25H23NO3S. The number of hydrogen-bond acceptors (Lipinski definition) is 3. The van der Waals surface area contributed by atoms with Gasteiger partial charge in [-0.3, -0.25) is 9.10 Å². The highest BCUT2D eigenvalue weighted by Crippen LogP contribution is 2.47.